The van der Waals surface area contributed by atoms with Gasteiger partial charge < -0.3 is 9.15 Å². The zero-order valence-electron chi connectivity index (χ0n) is 11.9. The molecule has 0 fully saturated rings. The molecule has 1 aromatic heterocycles. The average molecular weight is 351 g/mol. The van der Waals surface area contributed by atoms with Gasteiger partial charge in [0, 0.05) is 5.75 Å². The normalized spacial score (nSPS) is 10.7. The molecule has 7 heteroatoms. The van der Waals surface area contributed by atoms with E-state index in [-0.39, 0.29) is 12.4 Å². The van der Waals surface area contributed by atoms with Gasteiger partial charge in [-0.15, -0.1) is 10.2 Å². The topological polar surface area (TPSA) is 48.2 Å². The number of benzene rings is 2. The number of aromatic nitrogens is 2. The molecular formula is C16H12ClFN2O2S. The van der Waals surface area contributed by atoms with Gasteiger partial charge in [0.05, 0.1) is 5.02 Å². The monoisotopic (exact) mass is 350 g/mol. The summed E-state index contributed by atoms with van der Waals surface area (Å²) < 4.78 is 24.5. The van der Waals surface area contributed by atoms with E-state index in [0.717, 1.165) is 0 Å². The second kappa shape index (κ2) is 7.48. The molecule has 0 saturated carbocycles. The lowest BCUT2D eigenvalue weighted by Gasteiger charge is -2.04. The number of para-hydroxylation sites is 1. The van der Waals surface area contributed by atoms with Gasteiger partial charge in [0.25, 0.3) is 11.1 Å². The molecule has 3 aromatic rings. The molecular weight excluding hydrogens is 339 g/mol. The van der Waals surface area contributed by atoms with Gasteiger partial charge >= 0.3 is 0 Å². The van der Waals surface area contributed by atoms with E-state index >= 15 is 0 Å². The van der Waals surface area contributed by atoms with Crippen LogP contribution in [0.4, 0.5) is 4.39 Å². The number of halogens is 2. The Morgan fingerprint density at radius 3 is 2.70 bits per heavy atom. The van der Waals surface area contributed by atoms with Gasteiger partial charge in [-0.1, -0.05) is 53.7 Å². The van der Waals surface area contributed by atoms with Crippen LogP contribution in [0.2, 0.25) is 5.02 Å². The third kappa shape index (κ3) is 4.24. The molecule has 0 unspecified atom stereocenters. The van der Waals surface area contributed by atoms with Crippen LogP contribution < -0.4 is 4.74 Å². The van der Waals surface area contributed by atoms with Crippen LogP contribution in [-0.2, 0) is 12.4 Å². The fraction of sp³-hybridized carbons (Fsp3) is 0.125. The van der Waals surface area contributed by atoms with Crippen molar-refractivity contribution in [1.82, 2.24) is 10.2 Å². The van der Waals surface area contributed by atoms with Crippen LogP contribution in [0.3, 0.4) is 0 Å². The van der Waals surface area contributed by atoms with E-state index in [9.17, 15) is 4.39 Å². The summed E-state index contributed by atoms with van der Waals surface area (Å²) in [6.45, 7) is 0.122. The van der Waals surface area contributed by atoms with Crippen LogP contribution in [0, 0.1) is 5.82 Å². The summed E-state index contributed by atoms with van der Waals surface area (Å²) in [5, 5.41) is 8.68. The molecule has 0 spiro atoms. The molecule has 0 amide bonds. The van der Waals surface area contributed by atoms with Crippen molar-refractivity contribution in [2.24, 2.45) is 0 Å². The van der Waals surface area contributed by atoms with Gasteiger partial charge in [-0.2, -0.15) is 0 Å². The molecule has 23 heavy (non-hydrogen) atoms. The maximum Gasteiger partial charge on any atom is 0.277 e. The molecule has 0 aliphatic rings. The summed E-state index contributed by atoms with van der Waals surface area (Å²) in [4.78, 5) is 0. The average Bonchev–Trinajstić information content (AvgIpc) is 3.01. The van der Waals surface area contributed by atoms with Gasteiger partial charge in [0.1, 0.15) is 11.6 Å². The molecule has 118 valence electrons. The molecule has 2 aromatic carbocycles. The molecule has 0 radical (unpaired) electrons. The number of thioether (sulfide) groups is 1. The predicted octanol–water partition coefficient (Wildman–Crippen LogP) is 4.73. The first-order chi connectivity index (χ1) is 11.2. The molecule has 3 rings (SSSR count). The first-order valence-electron chi connectivity index (χ1n) is 6.78. The molecule has 1 heterocycles. The quantitative estimate of drug-likeness (QED) is 0.601. The Morgan fingerprint density at radius 1 is 1.09 bits per heavy atom. The highest BCUT2D eigenvalue weighted by atomic mass is 35.5. The smallest absolute Gasteiger partial charge is 0.277 e. The Hall–Kier alpha value is -2.05. The van der Waals surface area contributed by atoms with Crippen molar-refractivity contribution >= 4 is 23.4 Å². The van der Waals surface area contributed by atoms with Crippen molar-refractivity contribution < 1.29 is 13.5 Å². The molecule has 0 saturated heterocycles. The van der Waals surface area contributed by atoms with Crippen molar-refractivity contribution in [2.75, 3.05) is 0 Å². The second-order valence-corrected chi connectivity index (χ2v) is 5.89. The van der Waals surface area contributed by atoms with E-state index < -0.39 is 0 Å². The van der Waals surface area contributed by atoms with E-state index in [1.807, 2.05) is 12.1 Å². The van der Waals surface area contributed by atoms with Crippen LogP contribution in [0.25, 0.3) is 0 Å². The minimum Gasteiger partial charge on any atom is -0.482 e. The van der Waals surface area contributed by atoms with Crippen molar-refractivity contribution in [3.8, 4) is 5.75 Å². The summed E-state index contributed by atoms with van der Waals surface area (Å²) >= 11 is 7.27. The summed E-state index contributed by atoms with van der Waals surface area (Å²) in [5.74, 6) is 1.05. The number of rotatable bonds is 6. The lowest BCUT2D eigenvalue weighted by molar-refractivity contribution is 0.252. The molecule has 0 aliphatic heterocycles. The van der Waals surface area contributed by atoms with Crippen molar-refractivity contribution in [2.45, 2.75) is 17.6 Å². The Balaban J connectivity index is 1.56. The number of hydrogen-bond acceptors (Lipinski definition) is 5. The van der Waals surface area contributed by atoms with Crippen molar-refractivity contribution in [3.05, 3.63) is 70.8 Å². The minimum atomic E-state index is -0.248. The Kier molecular flexibility index (Phi) is 5.15. The van der Waals surface area contributed by atoms with Gasteiger partial charge in [0.15, 0.2) is 6.61 Å². The largest absolute Gasteiger partial charge is 0.482 e. The Morgan fingerprint density at radius 2 is 1.87 bits per heavy atom. The van der Waals surface area contributed by atoms with E-state index in [0.29, 0.717) is 33.2 Å². The van der Waals surface area contributed by atoms with E-state index in [4.69, 9.17) is 20.8 Å². The van der Waals surface area contributed by atoms with Crippen LogP contribution >= 0.6 is 23.4 Å². The zero-order valence-corrected chi connectivity index (χ0v) is 13.5. The van der Waals surface area contributed by atoms with E-state index in [1.54, 1.807) is 30.3 Å². The van der Waals surface area contributed by atoms with E-state index in [2.05, 4.69) is 10.2 Å². The van der Waals surface area contributed by atoms with Crippen molar-refractivity contribution in [1.29, 1.82) is 0 Å². The van der Waals surface area contributed by atoms with Gasteiger partial charge in [-0.05, 0) is 23.8 Å². The number of hydrogen-bond donors (Lipinski definition) is 0. The molecule has 0 aliphatic carbocycles. The highest BCUT2D eigenvalue weighted by Crippen LogP contribution is 2.25. The highest BCUT2D eigenvalue weighted by Gasteiger charge is 2.10. The highest BCUT2D eigenvalue weighted by molar-refractivity contribution is 7.98. The van der Waals surface area contributed by atoms with Crippen LogP contribution in [0.5, 0.6) is 5.75 Å². The fourth-order valence-corrected chi connectivity index (χ4v) is 2.77. The number of ether oxygens (including phenoxy) is 1. The fourth-order valence-electron chi connectivity index (χ4n) is 1.81. The minimum absolute atomic E-state index is 0.122. The second-order valence-electron chi connectivity index (χ2n) is 4.56. The summed E-state index contributed by atoms with van der Waals surface area (Å²) in [6.07, 6.45) is 0. The Bertz CT molecular complexity index is 733. The zero-order chi connectivity index (χ0) is 16.1. The molecule has 0 atom stereocenters. The standard InChI is InChI=1S/C16H12ClFN2O2S/c17-12-6-2-4-8-14(12)21-9-15-19-20-16(22-15)23-10-11-5-1-3-7-13(11)18/h1-8H,9-10H2. The Labute approximate surface area is 141 Å². The lowest BCUT2D eigenvalue weighted by Crippen LogP contribution is -1.95. The van der Waals surface area contributed by atoms with Gasteiger partial charge in [-0.3, -0.25) is 0 Å². The maximum absolute atomic E-state index is 13.5. The van der Waals surface area contributed by atoms with Crippen LogP contribution in [0.15, 0.2) is 58.2 Å². The third-order valence-electron chi connectivity index (χ3n) is 2.95. The lowest BCUT2D eigenvalue weighted by atomic mass is 10.2. The summed E-state index contributed by atoms with van der Waals surface area (Å²) in [7, 11) is 0. The molecule has 0 N–H and O–H groups in total. The molecule has 4 nitrogen and oxygen atoms in total. The number of nitrogens with zero attached hydrogens (tertiary/aromatic N) is 2. The summed E-state index contributed by atoms with van der Waals surface area (Å²) in [6, 6.07) is 13.7. The molecule has 0 bridgehead atoms. The summed E-state index contributed by atoms with van der Waals surface area (Å²) in [5.41, 5.74) is 0.588. The van der Waals surface area contributed by atoms with Gasteiger partial charge in [0.2, 0.25) is 0 Å². The van der Waals surface area contributed by atoms with Crippen LogP contribution in [-0.4, -0.2) is 10.2 Å². The maximum atomic E-state index is 13.5. The van der Waals surface area contributed by atoms with Crippen molar-refractivity contribution in [3.63, 3.8) is 0 Å². The van der Waals surface area contributed by atoms with Crippen LogP contribution in [0.1, 0.15) is 11.5 Å². The first kappa shape index (κ1) is 15.8. The van der Waals surface area contributed by atoms with E-state index in [1.165, 1.54) is 17.8 Å². The first-order valence-corrected chi connectivity index (χ1v) is 8.14. The SMILES string of the molecule is Fc1ccccc1CSc1nnc(COc2ccccc2Cl)o1. The van der Waals surface area contributed by atoms with Gasteiger partial charge in [-0.25, -0.2) is 4.39 Å². The third-order valence-corrected chi connectivity index (χ3v) is 4.12. The predicted molar refractivity (Wildman–Crippen MR) is 86.0 cm³/mol.